The van der Waals surface area contributed by atoms with Crippen molar-refractivity contribution in [1.29, 1.82) is 0 Å². The van der Waals surface area contributed by atoms with Crippen LogP contribution >= 0.6 is 0 Å². The Bertz CT molecular complexity index is 483. The molecule has 0 amide bonds. The zero-order valence-electron chi connectivity index (χ0n) is 13.0. The molecular weight excluding hydrogens is 254 g/mol. The van der Waals surface area contributed by atoms with E-state index in [0.29, 0.717) is 6.54 Å². The van der Waals surface area contributed by atoms with E-state index in [0.717, 1.165) is 23.5 Å². The second kappa shape index (κ2) is 5.26. The fourth-order valence-electron chi connectivity index (χ4n) is 2.81. The molecule has 0 bridgehead atoms. The first-order valence-corrected chi connectivity index (χ1v) is 7.01. The monoisotopic (exact) mass is 279 g/mol. The quantitative estimate of drug-likeness (QED) is 0.920. The highest BCUT2D eigenvalue weighted by atomic mass is 16.6. The van der Waals surface area contributed by atoms with Crippen LogP contribution in [0.3, 0.4) is 0 Å². The Morgan fingerprint density at radius 3 is 2.50 bits per heavy atom. The second-order valence-electron chi connectivity index (χ2n) is 6.45. The van der Waals surface area contributed by atoms with E-state index in [-0.39, 0.29) is 17.3 Å². The normalized spacial score (nSPS) is 23.6. The third kappa shape index (κ3) is 3.07. The van der Waals surface area contributed by atoms with Gasteiger partial charge >= 0.3 is 0 Å². The predicted octanol–water partition coefficient (Wildman–Crippen LogP) is 2.88. The summed E-state index contributed by atoms with van der Waals surface area (Å²) in [4.78, 5) is 0. The van der Waals surface area contributed by atoms with E-state index in [4.69, 9.17) is 19.9 Å². The molecule has 112 valence electrons. The van der Waals surface area contributed by atoms with Gasteiger partial charge in [0.2, 0.25) is 0 Å². The average molecular weight is 279 g/mol. The van der Waals surface area contributed by atoms with Gasteiger partial charge in [0, 0.05) is 18.5 Å². The molecule has 2 N–H and O–H groups in total. The zero-order chi connectivity index (χ0) is 15.0. The fourth-order valence-corrected chi connectivity index (χ4v) is 2.81. The smallest absolute Gasteiger partial charge is 0.130 e. The summed E-state index contributed by atoms with van der Waals surface area (Å²) < 4.78 is 17.5. The number of hydrogen-bond donors (Lipinski definition) is 1. The van der Waals surface area contributed by atoms with Crippen LogP contribution in [0.5, 0.6) is 11.5 Å². The van der Waals surface area contributed by atoms with Crippen molar-refractivity contribution in [3.05, 3.63) is 23.8 Å². The Morgan fingerprint density at radius 1 is 1.30 bits per heavy atom. The maximum atomic E-state index is 6.19. The van der Waals surface area contributed by atoms with Crippen LogP contribution < -0.4 is 15.2 Å². The van der Waals surface area contributed by atoms with Gasteiger partial charge in [0.15, 0.2) is 0 Å². The average Bonchev–Trinajstić information content (AvgIpc) is 2.57. The lowest BCUT2D eigenvalue weighted by atomic mass is 9.97. The van der Waals surface area contributed by atoms with Gasteiger partial charge in [0.25, 0.3) is 0 Å². The highest BCUT2D eigenvalue weighted by Crippen LogP contribution is 2.40. The van der Waals surface area contributed by atoms with Crippen molar-refractivity contribution in [1.82, 2.24) is 0 Å². The molecule has 2 rings (SSSR count). The summed E-state index contributed by atoms with van der Waals surface area (Å²) in [6.07, 6.45) is 0.868. The topological polar surface area (TPSA) is 53.7 Å². The van der Waals surface area contributed by atoms with Crippen molar-refractivity contribution in [2.45, 2.75) is 58.0 Å². The molecule has 0 aliphatic carbocycles. The summed E-state index contributed by atoms with van der Waals surface area (Å²) in [5.74, 6) is 1.60. The summed E-state index contributed by atoms with van der Waals surface area (Å²) >= 11 is 0. The van der Waals surface area contributed by atoms with Crippen LogP contribution in [0.15, 0.2) is 18.2 Å². The number of rotatable bonds is 4. The summed E-state index contributed by atoms with van der Waals surface area (Å²) in [7, 11) is 1.65. The molecule has 0 radical (unpaired) electrons. The standard InChI is InChI=1S/C16H25NO3/c1-15(2)9-14(16(3,4)20-15)19-13-7-6-12(18-5)8-11(13)10-17/h6-8,14H,9-10,17H2,1-5H3. The molecule has 4 heteroatoms. The largest absolute Gasteiger partial charge is 0.497 e. The third-order valence-electron chi connectivity index (χ3n) is 3.75. The third-order valence-corrected chi connectivity index (χ3v) is 3.75. The summed E-state index contributed by atoms with van der Waals surface area (Å²) in [5, 5.41) is 0. The molecule has 1 atom stereocenters. The summed E-state index contributed by atoms with van der Waals surface area (Å²) in [5.41, 5.74) is 6.28. The Morgan fingerprint density at radius 2 is 2.00 bits per heavy atom. The number of methoxy groups -OCH3 is 1. The van der Waals surface area contributed by atoms with Gasteiger partial charge in [-0.1, -0.05) is 0 Å². The van der Waals surface area contributed by atoms with Crippen LogP contribution in [0.1, 0.15) is 39.7 Å². The molecule has 1 heterocycles. The minimum absolute atomic E-state index is 0.0104. The Kier molecular flexibility index (Phi) is 3.98. The van der Waals surface area contributed by atoms with Crippen molar-refractivity contribution in [3.8, 4) is 11.5 Å². The van der Waals surface area contributed by atoms with Gasteiger partial charge in [-0.05, 0) is 45.9 Å². The maximum Gasteiger partial charge on any atom is 0.130 e. The van der Waals surface area contributed by atoms with Crippen LogP contribution in [0.4, 0.5) is 0 Å². The van der Waals surface area contributed by atoms with E-state index in [1.165, 1.54) is 0 Å². The van der Waals surface area contributed by atoms with Crippen molar-refractivity contribution < 1.29 is 14.2 Å². The molecule has 0 saturated carbocycles. The van der Waals surface area contributed by atoms with E-state index in [9.17, 15) is 0 Å². The van der Waals surface area contributed by atoms with Gasteiger partial charge in [0.05, 0.1) is 12.7 Å². The molecule has 1 aromatic rings. The molecular formula is C16H25NO3. The van der Waals surface area contributed by atoms with Crippen LogP contribution in [0.2, 0.25) is 0 Å². The molecule has 4 nitrogen and oxygen atoms in total. The molecule has 0 aromatic heterocycles. The lowest BCUT2D eigenvalue weighted by Crippen LogP contribution is -2.37. The molecule has 1 fully saturated rings. The van der Waals surface area contributed by atoms with Crippen molar-refractivity contribution in [2.75, 3.05) is 7.11 Å². The first-order valence-electron chi connectivity index (χ1n) is 7.01. The van der Waals surface area contributed by atoms with Crippen molar-refractivity contribution in [3.63, 3.8) is 0 Å². The van der Waals surface area contributed by atoms with Crippen LogP contribution in [-0.2, 0) is 11.3 Å². The van der Waals surface area contributed by atoms with E-state index in [2.05, 4.69) is 27.7 Å². The Balaban J connectivity index is 2.22. The number of ether oxygens (including phenoxy) is 3. The Hall–Kier alpha value is -1.26. The molecule has 20 heavy (non-hydrogen) atoms. The predicted molar refractivity (Wildman–Crippen MR) is 79.2 cm³/mol. The molecule has 1 saturated heterocycles. The van der Waals surface area contributed by atoms with E-state index in [1.54, 1.807) is 7.11 Å². The first kappa shape index (κ1) is 15.1. The SMILES string of the molecule is COc1ccc(OC2CC(C)(C)OC2(C)C)c(CN)c1. The molecule has 1 aliphatic heterocycles. The summed E-state index contributed by atoms with van der Waals surface area (Å²) in [6.45, 7) is 8.74. The van der Waals surface area contributed by atoms with Gasteiger partial charge < -0.3 is 19.9 Å². The minimum atomic E-state index is -0.310. The van der Waals surface area contributed by atoms with E-state index >= 15 is 0 Å². The van der Waals surface area contributed by atoms with E-state index < -0.39 is 0 Å². The van der Waals surface area contributed by atoms with Crippen LogP contribution in [0, 0.1) is 0 Å². The molecule has 1 unspecified atom stereocenters. The summed E-state index contributed by atoms with van der Waals surface area (Å²) in [6, 6.07) is 5.73. The van der Waals surface area contributed by atoms with E-state index in [1.807, 2.05) is 18.2 Å². The van der Waals surface area contributed by atoms with Gasteiger partial charge in [-0.2, -0.15) is 0 Å². The van der Waals surface area contributed by atoms with Gasteiger partial charge in [-0.15, -0.1) is 0 Å². The fraction of sp³-hybridized carbons (Fsp3) is 0.625. The highest BCUT2D eigenvalue weighted by Gasteiger charge is 2.47. The number of hydrogen-bond acceptors (Lipinski definition) is 4. The lowest BCUT2D eigenvalue weighted by Gasteiger charge is -2.28. The van der Waals surface area contributed by atoms with Crippen LogP contribution in [-0.4, -0.2) is 24.4 Å². The highest BCUT2D eigenvalue weighted by molar-refractivity contribution is 5.40. The zero-order valence-corrected chi connectivity index (χ0v) is 13.0. The lowest BCUT2D eigenvalue weighted by molar-refractivity contribution is -0.0846. The van der Waals surface area contributed by atoms with Crippen molar-refractivity contribution in [2.24, 2.45) is 5.73 Å². The first-order chi connectivity index (χ1) is 9.27. The number of nitrogens with two attached hydrogens (primary N) is 1. The van der Waals surface area contributed by atoms with Crippen LogP contribution in [0.25, 0.3) is 0 Å². The second-order valence-corrected chi connectivity index (χ2v) is 6.45. The van der Waals surface area contributed by atoms with Gasteiger partial charge in [-0.3, -0.25) is 0 Å². The Labute approximate surface area is 121 Å². The minimum Gasteiger partial charge on any atom is -0.497 e. The van der Waals surface area contributed by atoms with Gasteiger partial charge in [-0.25, -0.2) is 0 Å². The molecule has 1 aromatic carbocycles. The van der Waals surface area contributed by atoms with Gasteiger partial charge in [0.1, 0.15) is 23.2 Å². The molecule has 0 spiro atoms. The maximum absolute atomic E-state index is 6.19. The molecule has 1 aliphatic rings. The van der Waals surface area contributed by atoms with Crippen molar-refractivity contribution >= 4 is 0 Å². The number of benzene rings is 1.